The van der Waals surface area contributed by atoms with Crippen LogP contribution in [0.5, 0.6) is 0 Å². The number of hydrogen-bond acceptors (Lipinski definition) is 4. The minimum atomic E-state index is 0.422. The molecule has 22 heavy (non-hydrogen) atoms. The van der Waals surface area contributed by atoms with E-state index in [1.54, 1.807) is 0 Å². The maximum Gasteiger partial charge on any atom is 0.160 e. The number of likely N-dealkylation sites (N-methyl/N-ethyl adjacent to an activating group) is 1. The highest BCUT2D eigenvalue weighted by Gasteiger charge is 2.29. The molecule has 0 radical (unpaired) electrons. The smallest absolute Gasteiger partial charge is 0.160 e. The molecule has 0 spiro atoms. The topological polar surface area (TPSA) is 43.2 Å². The van der Waals surface area contributed by atoms with Gasteiger partial charge in [0, 0.05) is 31.3 Å². The van der Waals surface area contributed by atoms with Crippen LogP contribution in [0.2, 0.25) is 0 Å². The van der Waals surface area contributed by atoms with Crippen LogP contribution >= 0.6 is 0 Å². The molecule has 2 unspecified atom stereocenters. The van der Waals surface area contributed by atoms with Crippen molar-refractivity contribution in [2.24, 2.45) is 0 Å². The van der Waals surface area contributed by atoms with Crippen LogP contribution in [0.4, 0.5) is 0 Å². The van der Waals surface area contributed by atoms with Crippen molar-refractivity contribution in [2.75, 3.05) is 26.3 Å². The van der Waals surface area contributed by atoms with E-state index < -0.39 is 0 Å². The molecular weight excluding hydrogens is 276 g/mol. The van der Waals surface area contributed by atoms with Crippen molar-refractivity contribution in [3.8, 4) is 0 Å². The summed E-state index contributed by atoms with van der Waals surface area (Å²) >= 11 is 0. The lowest BCUT2D eigenvalue weighted by Gasteiger charge is -2.24. The van der Waals surface area contributed by atoms with Crippen molar-refractivity contribution in [3.05, 3.63) is 24.2 Å². The molecule has 0 amide bonds. The van der Waals surface area contributed by atoms with E-state index in [-0.39, 0.29) is 0 Å². The predicted molar refractivity (Wildman–Crippen MR) is 86.0 cm³/mol. The van der Waals surface area contributed by atoms with E-state index in [9.17, 15) is 0 Å². The summed E-state index contributed by atoms with van der Waals surface area (Å²) in [6, 6.07) is 4.66. The third kappa shape index (κ3) is 2.42. The van der Waals surface area contributed by atoms with Crippen LogP contribution in [0.25, 0.3) is 11.2 Å². The number of imidazole rings is 1. The summed E-state index contributed by atoms with van der Waals surface area (Å²) in [6.07, 6.45) is 5.54. The van der Waals surface area contributed by atoms with Crippen LogP contribution in [-0.2, 0) is 11.3 Å². The maximum absolute atomic E-state index is 5.59. The van der Waals surface area contributed by atoms with Crippen molar-refractivity contribution in [3.63, 3.8) is 0 Å². The van der Waals surface area contributed by atoms with E-state index in [2.05, 4.69) is 27.4 Å². The second-order valence-electron chi connectivity index (χ2n) is 6.41. The molecule has 5 heteroatoms. The normalized spacial score (nSPS) is 26.2. The van der Waals surface area contributed by atoms with Gasteiger partial charge in [-0.25, -0.2) is 9.97 Å². The second kappa shape index (κ2) is 5.97. The first-order valence-electron chi connectivity index (χ1n) is 8.49. The second-order valence-corrected chi connectivity index (χ2v) is 6.41. The lowest BCUT2D eigenvalue weighted by molar-refractivity contribution is 0.192. The molecule has 2 aliphatic heterocycles. The maximum atomic E-state index is 5.59. The summed E-state index contributed by atoms with van der Waals surface area (Å²) in [5.74, 6) is 1.60. The van der Waals surface area contributed by atoms with E-state index in [0.717, 1.165) is 43.9 Å². The van der Waals surface area contributed by atoms with Crippen molar-refractivity contribution < 1.29 is 4.74 Å². The molecule has 0 N–H and O–H groups in total. The van der Waals surface area contributed by atoms with Gasteiger partial charge in [-0.15, -0.1) is 0 Å². The Hall–Kier alpha value is -1.46. The Bertz CT molecular complexity index is 647. The average Bonchev–Trinajstić information content (AvgIpc) is 3.27. The van der Waals surface area contributed by atoms with Crippen LogP contribution in [0, 0.1) is 0 Å². The first kappa shape index (κ1) is 14.2. The van der Waals surface area contributed by atoms with Gasteiger partial charge in [0.1, 0.15) is 11.3 Å². The highest BCUT2D eigenvalue weighted by Crippen LogP contribution is 2.29. The SMILES string of the molecule is CCN1CCCC1Cn1c(C2CCOC2)nc2cccnc21. The van der Waals surface area contributed by atoms with Crippen molar-refractivity contribution in [2.45, 2.75) is 44.7 Å². The molecule has 0 saturated carbocycles. The van der Waals surface area contributed by atoms with Gasteiger partial charge in [-0.1, -0.05) is 6.92 Å². The largest absolute Gasteiger partial charge is 0.381 e. The number of pyridine rings is 1. The molecule has 5 nitrogen and oxygen atoms in total. The molecule has 4 rings (SSSR count). The third-order valence-corrected chi connectivity index (χ3v) is 5.13. The fraction of sp³-hybridized carbons (Fsp3) is 0.647. The van der Waals surface area contributed by atoms with Gasteiger partial charge in [-0.05, 0) is 44.5 Å². The molecule has 4 heterocycles. The zero-order chi connectivity index (χ0) is 14.9. The fourth-order valence-electron chi connectivity index (χ4n) is 3.93. The molecule has 2 fully saturated rings. The molecule has 2 aromatic heterocycles. The van der Waals surface area contributed by atoms with Crippen LogP contribution in [-0.4, -0.2) is 51.8 Å². The van der Waals surface area contributed by atoms with Crippen molar-refractivity contribution in [1.29, 1.82) is 0 Å². The fourth-order valence-corrected chi connectivity index (χ4v) is 3.93. The first-order chi connectivity index (χ1) is 10.9. The van der Waals surface area contributed by atoms with Gasteiger partial charge >= 0.3 is 0 Å². The highest BCUT2D eigenvalue weighted by atomic mass is 16.5. The molecule has 118 valence electrons. The van der Waals surface area contributed by atoms with Gasteiger partial charge in [-0.2, -0.15) is 0 Å². The zero-order valence-corrected chi connectivity index (χ0v) is 13.2. The number of ether oxygens (including phenoxy) is 1. The zero-order valence-electron chi connectivity index (χ0n) is 13.2. The van der Waals surface area contributed by atoms with Gasteiger partial charge in [-0.3, -0.25) is 4.90 Å². The molecule has 2 aromatic rings. The van der Waals surface area contributed by atoms with E-state index >= 15 is 0 Å². The number of nitrogens with zero attached hydrogens (tertiary/aromatic N) is 4. The highest BCUT2D eigenvalue weighted by molar-refractivity contribution is 5.71. The average molecular weight is 300 g/mol. The molecular formula is C17H24N4O. The van der Waals surface area contributed by atoms with Crippen LogP contribution in [0.3, 0.4) is 0 Å². The standard InChI is InChI=1S/C17H24N4O/c1-2-20-9-4-5-14(20)11-21-16(13-7-10-22-12-13)19-15-6-3-8-18-17(15)21/h3,6,8,13-14H,2,4-5,7,9-12H2,1H3. The minimum Gasteiger partial charge on any atom is -0.381 e. The summed E-state index contributed by atoms with van der Waals surface area (Å²) in [4.78, 5) is 12.1. The lowest BCUT2D eigenvalue weighted by Crippen LogP contribution is -2.33. The molecule has 2 atom stereocenters. The number of hydrogen-bond donors (Lipinski definition) is 0. The Kier molecular flexibility index (Phi) is 3.84. The summed E-state index contributed by atoms with van der Waals surface area (Å²) in [5, 5.41) is 0. The van der Waals surface area contributed by atoms with E-state index in [1.165, 1.54) is 25.2 Å². The van der Waals surface area contributed by atoms with Gasteiger partial charge < -0.3 is 9.30 Å². The van der Waals surface area contributed by atoms with Crippen LogP contribution < -0.4 is 0 Å². The quantitative estimate of drug-likeness (QED) is 0.870. The number of rotatable bonds is 4. The molecule has 2 saturated heterocycles. The summed E-state index contributed by atoms with van der Waals surface area (Å²) in [5.41, 5.74) is 2.05. The number of fused-ring (bicyclic) bond motifs is 1. The van der Waals surface area contributed by atoms with Gasteiger partial charge in [0.2, 0.25) is 0 Å². The Morgan fingerprint density at radius 1 is 1.36 bits per heavy atom. The van der Waals surface area contributed by atoms with Crippen molar-refractivity contribution >= 4 is 11.2 Å². The van der Waals surface area contributed by atoms with E-state index in [0.29, 0.717) is 12.0 Å². The number of aromatic nitrogens is 3. The van der Waals surface area contributed by atoms with E-state index in [4.69, 9.17) is 9.72 Å². The summed E-state index contributed by atoms with van der Waals surface area (Å²) in [6.45, 7) is 7.27. The van der Waals surface area contributed by atoms with Gasteiger partial charge in [0.15, 0.2) is 5.65 Å². The molecule has 0 aromatic carbocycles. The Morgan fingerprint density at radius 3 is 3.14 bits per heavy atom. The molecule has 0 bridgehead atoms. The Balaban J connectivity index is 1.72. The van der Waals surface area contributed by atoms with Crippen molar-refractivity contribution in [1.82, 2.24) is 19.4 Å². The minimum absolute atomic E-state index is 0.422. The van der Waals surface area contributed by atoms with E-state index in [1.807, 2.05) is 12.3 Å². The van der Waals surface area contributed by atoms with Crippen LogP contribution in [0.1, 0.15) is 37.9 Å². The molecule has 2 aliphatic rings. The van der Waals surface area contributed by atoms with Crippen LogP contribution in [0.15, 0.2) is 18.3 Å². The first-order valence-corrected chi connectivity index (χ1v) is 8.49. The monoisotopic (exact) mass is 300 g/mol. The summed E-state index contributed by atoms with van der Waals surface area (Å²) in [7, 11) is 0. The predicted octanol–water partition coefficient (Wildman–Crippen LogP) is 2.42. The third-order valence-electron chi connectivity index (χ3n) is 5.13. The van der Waals surface area contributed by atoms with Gasteiger partial charge in [0.05, 0.1) is 6.61 Å². The molecule has 0 aliphatic carbocycles. The Labute approximate surface area is 131 Å². The Morgan fingerprint density at radius 2 is 2.32 bits per heavy atom. The summed E-state index contributed by atoms with van der Waals surface area (Å²) < 4.78 is 7.96. The lowest BCUT2D eigenvalue weighted by atomic mass is 10.1. The number of likely N-dealkylation sites (tertiary alicyclic amines) is 1. The van der Waals surface area contributed by atoms with Gasteiger partial charge in [0.25, 0.3) is 0 Å².